The Labute approximate surface area is 102 Å². The smallest absolute Gasteiger partial charge is 0.269 e. The van der Waals surface area contributed by atoms with E-state index in [4.69, 9.17) is 9.29 Å². The Morgan fingerprint density at radius 2 is 2.19 bits per heavy atom. The van der Waals surface area contributed by atoms with Crippen LogP contribution in [0.25, 0.3) is 0 Å². The molecule has 1 aromatic rings. The largest absolute Gasteiger partial charge is 0.376 e. The van der Waals surface area contributed by atoms with Crippen molar-refractivity contribution in [1.82, 2.24) is 0 Å². The number of halogens is 1. The first-order valence-corrected chi connectivity index (χ1v) is 7.19. The molecule has 16 heavy (non-hydrogen) atoms. The van der Waals surface area contributed by atoms with Crippen LogP contribution in [0, 0.1) is 0 Å². The van der Waals surface area contributed by atoms with E-state index in [1.54, 1.807) is 6.07 Å². The van der Waals surface area contributed by atoms with E-state index in [0.29, 0.717) is 18.8 Å². The summed E-state index contributed by atoms with van der Waals surface area (Å²) in [5, 5.41) is 0. The molecule has 4 nitrogen and oxygen atoms in total. The highest BCUT2D eigenvalue weighted by atomic mass is 79.9. The average Bonchev–Trinajstić information content (AvgIpc) is 2.14. The summed E-state index contributed by atoms with van der Waals surface area (Å²) >= 11 is 3.33. The number of hydrogen-bond acceptors (Lipinski definition) is 3. The second kappa shape index (κ2) is 4.44. The standard InChI is InChI=1S/C10H11BrO4S/c11-9-3-7-1-2-15-5-10(7)8(4-9)6-16(12,13)14/h3-4H,1-2,5-6H2,(H,12,13,14). The van der Waals surface area contributed by atoms with Crippen molar-refractivity contribution in [3.8, 4) is 0 Å². The Bertz CT molecular complexity index is 510. The normalized spacial score (nSPS) is 15.9. The Morgan fingerprint density at radius 3 is 2.88 bits per heavy atom. The molecule has 1 aromatic carbocycles. The van der Waals surface area contributed by atoms with Crippen molar-refractivity contribution in [2.24, 2.45) is 0 Å². The lowest BCUT2D eigenvalue weighted by Gasteiger charge is -2.20. The number of ether oxygens (including phenoxy) is 1. The Balaban J connectivity index is 2.47. The average molecular weight is 307 g/mol. The van der Waals surface area contributed by atoms with Gasteiger partial charge in [-0.3, -0.25) is 4.55 Å². The lowest BCUT2D eigenvalue weighted by Crippen LogP contribution is -2.14. The molecule has 0 saturated carbocycles. The molecule has 0 aliphatic carbocycles. The molecule has 0 unspecified atom stereocenters. The first-order chi connectivity index (χ1) is 7.46. The highest BCUT2D eigenvalue weighted by molar-refractivity contribution is 9.10. The fraction of sp³-hybridized carbons (Fsp3) is 0.400. The Hall–Kier alpha value is -0.430. The van der Waals surface area contributed by atoms with E-state index in [1.165, 1.54) is 0 Å². The summed E-state index contributed by atoms with van der Waals surface area (Å²) < 4.78 is 36.8. The molecule has 88 valence electrons. The van der Waals surface area contributed by atoms with Gasteiger partial charge in [-0.15, -0.1) is 0 Å². The van der Waals surface area contributed by atoms with Crippen LogP contribution < -0.4 is 0 Å². The lowest BCUT2D eigenvalue weighted by molar-refractivity contribution is 0.110. The van der Waals surface area contributed by atoms with Crippen LogP contribution >= 0.6 is 15.9 Å². The first kappa shape index (κ1) is 12.0. The predicted octanol–water partition coefficient (Wildman–Crippen LogP) is 1.91. The Kier molecular flexibility index (Phi) is 3.34. The number of rotatable bonds is 2. The molecule has 0 bridgehead atoms. The minimum absolute atomic E-state index is 0.363. The van der Waals surface area contributed by atoms with E-state index in [9.17, 15) is 8.42 Å². The van der Waals surface area contributed by atoms with Crippen LogP contribution in [0.5, 0.6) is 0 Å². The quantitative estimate of drug-likeness (QED) is 0.848. The van der Waals surface area contributed by atoms with Crippen LogP contribution in [0.15, 0.2) is 16.6 Å². The molecular weight excluding hydrogens is 296 g/mol. The van der Waals surface area contributed by atoms with Gasteiger partial charge in [-0.1, -0.05) is 15.9 Å². The summed E-state index contributed by atoms with van der Waals surface area (Å²) in [5.74, 6) is -0.363. The van der Waals surface area contributed by atoms with Gasteiger partial charge in [0.25, 0.3) is 10.1 Å². The van der Waals surface area contributed by atoms with Crippen LogP contribution in [-0.2, 0) is 33.6 Å². The minimum Gasteiger partial charge on any atom is -0.376 e. The topological polar surface area (TPSA) is 63.6 Å². The summed E-state index contributed by atoms with van der Waals surface area (Å²) in [6.45, 7) is 1.06. The van der Waals surface area contributed by atoms with E-state index < -0.39 is 10.1 Å². The number of benzene rings is 1. The fourth-order valence-electron chi connectivity index (χ4n) is 1.85. The van der Waals surface area contributed by atoms with E-state index in [1.807, 2.05) is 6.07 Å². The third-order valence-electron chi connectivity index (χ3n) is 2.50. The van der Waals surface area contributed by atoms with Crippen LogP contribution in [0.2, 0.25) is 0 Å². The van der Waals surface area contributed by atoms with Gasteiger partial charge in [-0.2, -0.15) is 8.42 Å². The number of hydrogen-bond donors (Lipinski definition) is 1. The summed E-state index contributed by atoms with van der Waals surface area (Å²) in [6, 6.07) is 3.67. The van der Waals surface area contributed by atoms with Crippen LogP contribution in [0.3, 0.4) is 0 Å². The predicted molar refractivity (Wildman–Crippen MR) is 62.8 cm³/mol. The SMILES string of the molecule is O=S(=O)(O)Cc1cc(Br)cc2c1COCC2. The second-order valence-corrected chi connectivity index (χ2v) is 6.10. The fourth-order valence-corrected chi connectivity index (χ4v) is 3.05. The molecule has 1 aliphatic rings. The highest BCUT2D eigenvalue weighted by Gasteiger charge is 2.18. The van der Waals surface area contributed by atoms with Gasteiger partial charge in [0, 0.05) is 4.47 Å². The van der Waals surface area contributed by atoms with Gasteiger partial charge in [0.05, 0.1) is 13.2 Å². The molecule has 0 aromatic heterocycles. The van der Waals surface area contributed by atoms with Crippen LogP contribution in [0.1, 0.15) is 16.7 Å². The van der Waals surface area contributed by atoms with Crippen LogP contribution in [-0.4, -0.2) is 19.6 Å². The maximum Gasteiger partial charge on any atom is 0.269 e. The maximum absolute atomic E-state index is 10.9. The molecule has 0 atom stereocenters. The van der Waals surface area contributed by atoms with E-state index in [2.05, 4.69) is 15.9 Å². The molecular formula is C10H11BrO4S. The summed E-state index contributed by atoms with van der Waals surface area (Å²) in [6.07, 6.45) is 0.771. The summed E-state index contributed by atoms with van der Waals surface area (Å²) in [5.41, 5.74) is 2.57. The summed E-state index contributed by atoms with van der Waals surface area (Å²) in [7, 11) is -4.00. The van der Waals surface area contributed by atoms with Crippen molar-refractivity contribution in [2.75, 3.05) is 6.61 Å². The van der Waals surface area contributed by atoms with Crippen molar-refractivity contribution in [1.29, 1.82) is 0 Å². The monoisotopic (exact) mass is 306 g/mol. The lowest BCUT2D eigenvalue weighted by atomic mass is 9.99. The molecule has 0 amide bonds. The molecule has 1 heterocycles. The summed E-state index contributed by atoms with van der Waals surface area (Å²) in [4.78, 5) is 0. The van der Waals surface area contributed by atoms with Crippen molar-refractivity contribution in [2.45, 2.75) is 18.8 Å². The van der Waals surface area contributed by atoms with Gasteiger partial charge in [-0.25, -0.2) is 0 Å². The zero-order chi connectivity index (χ0) is 11.8. The molecule has 2 rings (SSSR count). The van der Waals surface area contributed by atoms with Gasteiger partial charge in [0.2, 0.25) is 0 Å². The van der Waals surface area contributed by atoms with Crippen molar-refractivity contribution >= 4 is 26.0 Å². The zero-order valence-corrected chi connectivity index (χ0v) is 10.8. The number of fused-ring (bicyclic) bond motifs is 1. The van der Waals surface area contributed by atoms with E-state index in [0.717, 1.165) is 22.0 Å². The van der Waals surface area contributed by atoms with Crippen molar-refractivity contribution in [3.05, 3.63) is 33.3 Å². The van der Waals surface area contributed by atoms with Gasteiger partial charge in [0.15, 0.2) is 0 Å². The first-order valence-electron chi connectivity index (χ1n) is 4.79. The highest BCUT2D eigenvalue weighted by Crippen LogP contribution is 2.26. The van der Waals surface area contributed by atoms with Gasteiger partial charge < -0.3 is 4.74 Å². The molecule has 1 N–H and O–H groups in total. The Morgan fingerprint density at radius 1 is 1.44 bits per heavy atom. The van der Waals surface area contributed by atoms with Crippen LogP contribution in [0.4, 0.5) is 0 Å². The van der Waals surface area contributed by atoms with E-state index in [-0.39, 0.29) is 5.75 Å². The molecule has 0 radical (unpaired) electrons. The van der Waals surface area contributed by atoms with Crippen molar-refractivity contribution in [3.63, 3.8) is 0 Å². The van der Waals surface area contributed by atoms with E-state index >= 15 is 0 Å². The van der Waals surface area contributed by atoms with Gasteiger partial charge in [0.1, 0.15) is 5.75 Å². The second-order valence-electron chi connectivity index (χ2n) is 3.73. The van der Waals surface area contributed by atoms with Crippen molar-refractivity contribution < 1.29 is 17.7 Å². The molecule has 1 aliphatic heterocycles. The third kappa shape index (κ3) is 2.82. The molecule has 6 heteroatoms. The maximum atomic E-state index is 10.9. The molecule has 0 saturated heterocycles. The molecule has 0 fully saturated rings. The minimum atomic E-state index is -4.00. The zero-order valence-electron chi connectivity index (χ0n) is 8.44. The third-order valence-corrected chi connectivity index (χ3v) is 3.63. The molecule has 0 spiro atoms. The van der Waals surface area contributed by atoms with Gasteiger partial charge >= 0.3 is 0 Å². The van der Waals surface area contributed by atoms with Gasteiger partial charge in [-0.05, 0) is 35.2 Å².